The summed E-state index contributed by atoms with van der Waals surface area (Å²) in [6, 6.07) is 3.45. The van der Waals surface area contributed by atoms with E-state index in [1.807, 2.05) is 0 Å². The third-order valence-electron chi connectivity index (χ3n) is 2.09. The Kier molecular flexibility index (Phi) is 3.00. The molecule has 1 aliphatic rings. The van der Waals surface area contributed by atoms with Gasteiger partial charge in [0.2, 0.25) is 0 Å². The van der Waals surface area contributed by atoms with Crippen LogP contribution >= 0.6 is 0 Å². The maximum absolute atomic E-state index is 11.3. The molecule has 0 saturated carbocycles. The first-order chi connectivity index (χ1) is 7.74. The number of carbonyl (C=O) groups is 2. The van der Waals surface area contributed by atoms with Crippen LogP contribution in [0.25, 0.3) is 6.08 Å². The average Bonchev–Trinajstić information content (AvgIpc) is 2.87. The Bertz CT molecular complexity index is 440. The third kappa shape index (κ3) is 2.70. The first kappa shape index (κ1) is 10.4. The second-order valence-electron chi connectivity index (χ2n) is 3.35. The van der Waals surface area contributed by atoms with Crippen LogP contribution in [0.2, 0.25) is 0 Å². The number of furan rings is 1. The van der Waals surface area contributed by atoms with Gasteiger partial charge in [0, 0.05) is 6.08 Å². The third-order valence-corrected chi connectivity index (χ3v) is 2.09. The summed E-state index contributed by atoms with van der Waals surface area (Å²) in [6.07, 6.45) is 7.12. The van der Waals surface area contributed by atoms with E-state index in [1.165, 1.54) is 24.5 Å². The van der Waals surface area contributed by atoms with Crippen LogP contribution in [-0.4, -0.2) is 17.9 Å². The molecule has 16 heavy (non-hydrogen) atoms. The molecule has 0 fully saturated rings. The summed E-state index contributed by atoms with van der Waals surface area (Å²) in [4.78, 5) is 22.2. The first-order valence-electron chi connectivity index (χ1n) is 4.87. The first-order valence-corrected chi connectivity index (χ1v) is 4.87. The van der Waals surface area contributed by atoms with Gasteiger partial charge in [-0.25, -0.2) is 4.79 Å². The Morgan fingerprint density at radius 2 is 2.44 bits per heavy atom. The molecule has 1 atom stereocenters. The predicted octanol–water partition coefficient (Wildman–Crippen LogP) is 1.73. The Morgan fingerprint density at radius 1 is 1.56 bits per heavy atom. The van der Waals surface area contributed by atoms with E-state index in [2.05, 4.69) is 0 Å². The fourth-order valence-electron chi connectivity index (χ4n) is 1.35. The number of ketones is 1. The van der Waals surface area contributed by atoms with Gasteiger partial charge in [-0.15, -0.1) is 0 Å². The van der Waals surface area contributed by atoms with Crippen molar-refractivity contribution in [3.05, 3.63) is 42.4 Å². The molecule has 1 aromatic rings. The van der Waals surface area contributed by atoms with E-state index in [1.54, 1.807) is 18.2 Å². The molecule has 0 amide bonds. The van der Waals surface area contributed by atoms with Gasteiger partial charge in [-0.05, 0) is 30.4 Å². The molecule has 0 bridgehead atoms. The van der Waals surface area contributed by atoms with Crippen LogP contribution in [0.1, 0.15) is 12.2 Å². The highest BCUT2D eigenvalue weighted by Crippen LogP contribution is 2.11. The highest BCUT2D eigenvalue weighted by atomic mass is 16.5. The van der Waals surface area contributed by atoms with Crippen molar-refractivity contribution in [3.63, 3.8) is 0 Å². The van der Waals surface area contributed by atoms with Crippen molar-refractivity contribution in [1.82, 2.24) is 0 Å². The van der Waals surface area contributed by atoms with E-state index in [0.29, 0.717) is 5.76 Å². The summed E-state index contributed by atoms with van der Waals surface area (Å²) in [5.74, 6) is 0.0727. The van der Waals surface area contributed by atoms with E-state index in [0.717, 1.165) is 0 Å². The van der Waals surface area contributed by atoms with Gasteiger partial charge in [0.25, 0.3) is 0 Å². The minimum Gasteiger partial charge on any atom is -0.465 e. The highest BCUT2D eigenvalue weighted by molar-refractivity contribution is 5.93. The predicted molar refractivity (Wildman–Crippen MR) is 56.4 cm³/mol. The molecule has 2 rings (SSSR count). The lowest BCUT2D eigenvalue weighted by Crippen LogP contribution is -2.13. The molecule has 1 heterocycles. The number of rotatable bonds is 3. The zero-order chi connectivity index (χ0) is 11.4. The number of esters is 1. The second kappa shape index (κ2) is 4.61. The molecule has 0 saturated heterocycles. The smallest absolute Gasteiger partial charge is 0.331 e. The Morgan fingerprint density at radius 3 is 3.06 bits per heavy atom. The van der Waals surface area contributed by atoms with E-state index >= 15 is 0 Å². The largest absolute Gasteiger partial charge is 0.465 e. The molecule has 0 aromatic carbocycles. The Labute approximate surface area is 92.2 Å². The van der Waals surface area contributed by atoms with Crippen molar-refractivity contribution in [2.45, 2.75) is 12.5 Å². The van der Waals surface area contributed by atoms with Crippen LogP contribution in [0.4, 0.5) is 0 Å². The summed E-state index contributed by atoms with van der Waals surface area (Å²) in [5, 5.41) is 0. The molecule has 0 unspecified atom stereocenters. The average molecular weight is 218 g/mol. The second-order valence-corrected chi connectivity index (χ2v) is 3.35. The highest BCUT2D eigenvalue weighted by Gasteiger charge is 2.18. The Hall–Kier alpha value is -2.10. The summed E-state index contributed by atoms with van der Waals surface area (Å²) >= 11 is 0. The fourth-order valence-corrected chi connectivity index (χ4v) is 1.35. The summed E-state index contributed by atoms with van der Waals surface area (Å²) in [6.45, 7) is 0. The van der Waals surface area contributed by atoms with Crippen molar-refractivity contribution in [2.75, 3.05) is 0 Å². The van der Waals surface area contributed by atoms with E-state index in [-0.39, 0.29) is 12.2 Å². The van der Waals surface area contributed by atoms with Crippen LogP contribution in [0.3, 0.4) is 0 Å². The van der Waals surface area contributed by atoms with Gasteiger partial charge in [-0.1, -0.05) is 0 Å². The normalized spacial score (nSPS) is 19.5. The maximum atomic E-state index is 11.3. The molecule has 1 aromatic heterocycles. The molecule has 82 valence electrons. The van der Waals surface area contributed by atoms with Crippen LogP contribution in [-0.2, 0) is 14.3 Å². The number of allylic oxidation sites excluding steroid dienone is 1. The van der Waals surface area contributed by atoms with Crippen LogP contribution < -0.4 is 0 Å². The molecule has 0 N–H and O–H groups in total. The van der Waals surface area contributed by atoms with Gasteiger partial charge < -0.3 is 9.15 Å². The fraction of sp³-hybridized carbons (Fsp3) is 0.167. The zero-order valence-electron chi connectivity index (χ0n) is 8.46. The summed E-state index contributed by atoms with van der Waals surface area (Å²) in [5.41, 5.74) is 0. The van der Waals surface area contributed by atoms with Gasteiger partial charge in [0.1, 0.15) is 11.9 Å². The van der Waals surface area contributed by atoms with Crippen molar-refractivity contribution < 1.29 is 18.7 Å². The van der Waals surface area contributed by atoms with Crippen LogP contribution in [0.15, 0.2) is 41.0 Å². The van der Waals surface area contributed by atoms with Gasteiger partial charge in [-0.2, -0.15) is 0 Å². The maximum Gasteiger partial charge on any atom is 0.331 e. The van der Waals surface area contributed by atoms with Crippen molar-refractivity contribution in [3.8, 4) is 0 Å². The Balaban J connectivity index is 1.85. The van der Waals surface area contributed by atoms with Crippen LogP contribution in [0.5, 0.6) is 0 Å². The zero-order valence-corrected chi connectivity index (χ0v) is 8.46. The minimum absolute atomic E-state index is 0.0205. The topological polar surface area (TPSA) is 56.5 Å². The molecule has 4 heteroatoms. The lowest BCUT2D eigenvalue weighted by Gasteiger charge is -2.06. The van der Waals surface area contributed by atoms with E-state index in [4.69, 9.17) is 9.15 Å². The quantitative estimate of drug-likeness (QED) is 0.572. The van der Waals surface area contributed by atoms with E-state index < -0.39 is 12.1 Å². The monoisotopic (exact) mass is 218 g/mol. The number of ether oxygens (including phenoxy) is 1. The molecule has 0 aliphatic heterocycles. The molecule has 1 aliphatic carbocycles. The molecular weight excluding hydrogens is 208 g/mol. The molecule has 4 nitrogen and oxygen atoms in total. The van der Waals surface area contributed by atoms with Gasteiger partial charge in [0.05, 0.1) is 12.7 Å². The van der Waals surface area contributed by atoms with Gasteiger partial charge >= 0.3 is 5.97 Å². The van der Waals surface area contributed by atoms with Gasteiger partial charge in [0.15, 0.2) is 5.78 Å². The lowest BCUT2D eigenvalue weighted by atomic mass is 10.3. The van der Waals surface area contributed by atoms with Crippen molar-refractivity contribution >= 4 is 17.8 Å². The SMILES string of the molecule is O=C1C=C[C@@H](OC(=O)/C=C/c2ccco2)C1. The molecule has 0 radical (unpaired) electrons. The van der Waals surface area contributed by atoms with Gasteiger partial charge in [-0.3, -0.25) is 4.79 Å². The van der Waals surface area contributed by atoms with Crippen molar-refractivity contribution in [2.24, 2.45) is 0 Å². The van der Waals surface area contributed by atoms with E-state index in [9.17, 15) is 9.59 Å². The number of hydrogen-bond acceptors (Lipinski definition) is 4. The summed E-state index contributed by atoms with van der Waals surface area (Å²) < 4.78 is 10.0. The molecular formula is C12H10O4. The number of hydrogen-bond donors (Lipinski definition) is 0. The van der Waals surface area contributed by atoms with Crippen LogP contribution in [0, 0.1) is 0 Å². The lowest BCUT2D eigenvalue weighted by molar-refractivity contribution is -0.141. The number of carbonyl (C=O) groups excluding carboxylic acids is 2. The van der Waals surface area contributed by atoms with Crippen molar-refractivity contribution in [1.29, 1.82) is 0 Å². The minimum atomic E-state index is -0.485. The standard InChI is InChI=1S/C12H10O4/c13-9-3-4-11(8-9)16-12(14)6-5-10-2-1-7-15-10/h1-7,11H,8H2/b6-5+/t11-/m1/s1. The molecule has 0 spiro atoms. The summed E-state index contributed by atoms with van der Waals surface area (Å²) in [7, 11) is 0.